The minimum absolute atomic E-state index is 0.288. The zero-order valence-electron chi connectivity index (χ0n) is 8.94. The average molecular weight is 282 g/mol. The van der Waals surface area contributed by atoms with Gasteiger partial charge in [-0.2, -0.15) is 5.10 Å². The molecule has 0 aliphatic heterocycles. The van der Waals surface area contributed by atoms with Crippen LogP contribution in [0.25, 0.3) is 16.8 Å². The summed E-state index contributed by atoms with van der Waals surface area (Å²) in [4.78, 5) is 4.18. The van der Waals surface area contributed by atoms with E-state index in [4.69, 9.17) is 23.2 Å². The van der Waals surface area contributed by atoms with Crippen molar-refractivity contribution in [2.75, 3.05) is 0 Å². The van der Waals surface area contributed by atoms with Crippen LogP contribution < -0.4 is 0 Å². The maximum atomic E-state index is 12.9. The molecule has 2 aromatic heterocycles. The molecule has 3 aromatic rings. The van der Waals surface area contributed by atoms with Crippen LogP contribution in [0.5, 0.6) is 0 Å². The van der Waals surface area contributed by atoms with Gasteiger partial charge in [0.1, 0.15) is 16.1 Å². The van der Waals surface area contributed by atoms with Crippen molar-refractivity contribution in [1.82, 2.24) is 14.6 Å². The molecule has 0 saturated heterocycles. The lowest BCUT2D eigenvalue weighted by Crippen LogP contribution is -1.92. The molecule has 0 saturated carbocycles. The number of rotatable bonds is 1. The van der Waals surface area contributed by atoms with E-state index in [-0.39, 0.29) is 11.0 Å². The van der Waals surface area contributed by atoms with Crippen molar-refractivity contribution in [2.45, 2.75) is 0 Å². The van der Waals surface area contributed by atoms with Crippen molar-refractivity contribution in [3.8, 4) is 11.1 Å². The van der Waals surface area contributed by atoms with Crippen LogP contribution in [0, 0.1) is 5.82 Å². The molecule has 2 heterocycles. The van der Waals surface area contributed by atoms with E-state index in [2.05, 4.69) is 10.1 Å². The minimum atomic E-state index is -0.292. The summed E-state index contributed by atoms with van der Waals surface area (Å²) < 4.78 is 14.4. The van der Waals surface area contributed by atoms with Crippen molar-refractivity contribution in [3.63, 3.8) is 0 Å². The lowest BCUT2D eigenvalue weighted by Gasteiger charge is -2.00. The first kappa shape index (κ1) is 11.4. The Morgan fingerprint density at radius 2 is 1.83 bits per heavy atom. The zero-order valence-corrected chi connectivity index (χ0v) is 10.5. The van der Waals surface area contributed by atoms with Crippen molar-refractivity contribution in [3.05, 3.63) is 52.7 Å². The van der Waals surface area contributed by atoms with Crippen LogP contribution in [0.15, 0.2) is 36.5 Å². The third kappa shape index (κ3) is 1.83. The Labute approximate surface area is 112 Å². The highest BCUT2D eigenvalue weighted by Crippen LogP contribution is 2.26. The van der Waals surface area contributed by atoms with E-state index in [1.165, 1.54) is 22.7 Å². The maximum Gasteiger partial charge on any atom is 0.166 e. The van der Waals surface area contributed by atoms with Gasteiger partial charge in [-0.1, -0.05) is 35.3 Å². The highest BCUT2D eigenvalue weighted by Gasteiger charge is 2.11. The highest BCUT2D eigenvalue weighted by atomic mass is 35.5. The van der Waals surface area contributed by atoms with E-state index in [9.17, 15) is 4.39 Å². The molecule has 3 nitrogen and oxygen atoms in total. The molecule has 0 bridgehead atoms. The third-order valence-electron chi connectivity index (χ3n) is 2.55. The first-order valence-electron chi connectivity index (χ1n) is 5.11. The molecular weight excluding hydrogens is 276 g/mol. The van der Waals surface area contributed by atoms with Gasteiger partial charge in [0.25, 0.3) is 0 Å². The molecule has 90 valence electrons. The number of hydrogen-bond donors (Lipinski definition) is 0. The van der Waals surface area contributed by atoms with Crippen LogP contribution in [-0.2, 0) is 0 Å². The highest BCUT2D eigenvalue weighted by molar-refractivity contribution is 6.33. The van der Waals surface area contributed by atoms with Gasteiger partial charge in [-0.25, -0.2) is 13.9 Å². The summed E-state index contributed by atoms with van der Waals surface area (Å²) in [6.07, 6.45) is 1.62. The Morgan fingerprint density at radius 3 is 2.56 bits per heavy atom. The lowest BCUT2D eigenvalue weighted by molar-refractivity contribution is 0.628. The van der Waals surface area contributed by atoms with E-state index >= 15 is 0 Å². The first-order valence-corrected chi connectivity index (χ1v) is 5.86. The number of hydrogen-bond acceptors (Lipinski definition) is 2. The van der Waals surface area contributed by atoms with Gasteiger partial charge in [0, 0.05) is 11.6 Å². The Bertz CT molecular complexity index is 722. The Hall–Kier alpha value is -1.65. The Morgan fingerprint density at radius 1 is 1.11 bits per heavy atom. The van der Waals surface area contributed by atoms with Gasteiger partial charge in [0.15, 0.2) is 5.65 Å². The van der Waals surface area contributed by atoms with Gasteiger partial charge in [-0.15, -0.1) is 0 Å². The zero-order chi connectivity index (χ0) is 12.7. The first-order chi connectivity index (χ1) is 8.65. The molecule has 0 spiro atoms. The van der Waals surface area contributed by atoms with Crippen LogP contribution in [0.3, 0.4) is 0 Å². The molecule has 0 amide bonds. The molecule has 6 heteroatoms. The second-order valence-electron chi connectivity index (χ2n) is 3.70. The average Bonchev–Trinajstić information content (AvgIpc) is 2.74. The topological polar surface area (TPSA) is 30.2 Å². The van der Waals surface area contributed by atoms with E-state index in [1.807, 2.05) is 0 Å². The van der Waals surface area contributed by atoms with Gasteiger partial charge in [0.05, 0.1) is 6.20 Å². The summed E-state index contributed by atoms with van der Waals surface area (Å²) in [6, 6.07) is 7.58. The van der Waals surface area contributed by atoms with E-state index in [0.717, 1.165) is 11.1 Å². The molecule has 0 unspecified atom stereocenters. The fourth-order valence-electron chi connectivity index (χ4n) is 1.73. The summed E-state index contributed by atoms with van der Waals surface area (Å²) in [6.45, 7) is 0. The SMILES string of the molecule is Fc1ccc(-c2cnn3c(Cl)cc(Cl)nc23)cc1. The smallest absolute Gasteiger partial charge is 0.166 e. The molecule has 0 fully saturated rings. The lowest BCUT2D eigenvalue weighted by atomic mass is 10.1. The predicted octanol–water partition coefficient (Wildman–Crippen LogP) is 3.84. The van der Waals surface area contributed by atoms with Gasteiger partial charge >= 0.3 is 0 Å². The fourth-order valence-corrected chi connectivity index (χ4v) is 2.20. The number of benzene rings is 1. The Balaban J connectivity index is 2.27. The number of halogens is 3. The van der Waals surface area contributed by atoms with Gasteiger partial charge in [-0.05, 0) is 17.7 Å². The second kappa shape index (κ2) is 4.23. The summed E-state index contributed by atoms with van der Waals surface area (Å²) in [7, 11) is 0. The predicted molar refractivity (Wildman–Crippen MR) is 68.4 cm³/mol. The summed E-state index contributed by atoms with van der Waals surface area (Å²) in [5.41, 5.74) is 2.09. The molecular formula is C12H6Cl2FN3. The molecule has 0 radical (unpaired) electrons. The van der Waals surface area contributed by atoms with Crippen LogP contribution in [0.1, 0.15) is 0 Å². The summed E-state index contributed by atoms with van der Waals surface area (Å²) >= 11 is 11.9. The van der Waals surface area contributed by atoms with E-state index in [0.29, 0.717) is 10.8 Å². The standard InChI is InChI=1S/C12H6Cl2FN3/c13-10-5-11(14)18-12(17-10)9(6-16-18)7-1-3-8(15)4-2-7/h1-6H. The molecule has 0 atom stereocenters. The molecule has 18 heavy (non-hydrogen) atoms. The number of fused-ring (bicyclic) bond motifs is 1. The number of nitrogens with zero attached hydrogens (tertiary/aromatic N) is 3. The molecule has 0 N–H and O–H groups in total. The second-order valence-corrected chi connectivity index (χ2v) is 4.48. The molecule has 0 aliphatic rings. The Kier molecular flexibility index (Phi) is 2.69. The van der Waals surface area contributed by atoms with Crippen LogP contribution >= 0.6 is 23.2 Å². The molecule has 3 rings (SSSR count). The quantitative estimate of drug-likeness (QED) is 0.635. The van der Waals surface area contributed by atoms with Crippen LogP contribution in [0.2, 0.25) is 10.3 Å². The van der Waals surface area contributed by atoms with Gasteiger partial charge < -0.3 is 0 Å². The molecule has 1 aromatic carbocycles. The van der Waals surface area contributed by atoms with Crippen molar-refractivity contribution >= 4 is 28.8 Å². The van der Waals surface area contributed by atoms with Crippen molar-refractivity contribution < 1.29 is 4.39 Å². The molecule has 0 aliphatic carbocycles. The van der Waals surface area contributed by atoms with Crippen molar-refractivity contribution in [2.24, 2.45) is 0 Å². The van der Waals surface area contributed by atoms with Gasteiger partial charge in [-0.3, -0.25) is 0 Å². The normalized spacial score (nSPS) is 11.1. The van der Waals surface area contributed by atoms with E-state index < -0.39 is 0 Å². The number of aromatic nitrogens is 3. The fraction of sp³-hybridized carbons (Fsp3) is 0. The largest absolute Gasteiger partial charge is 0.216 e. The van der Waals surface area contributed by atoms with Crippen molar-refractivity contribution in [1.29, 1.82) is 0 Å². The van der Waals surface area contributed by atoms with Crippen LogP contribution in [0.4, 0.5) is 4.39 Å². The van der Waals surface area contributed by atoms with Gasteiger partial charge in [0.2, 0.25) is 0 Å². The monoisotopic (exact) mass is 281 g/mol. The van der Waals surface area contributed by atoms with Crippen LogP contribution in [-0.4, -0.2) is 14.6 Å². The van der Waals surface area contributed by atoms with E-state index in [1.54, 1.807) is 18.3 Å². The summed E-state index contributed by atoms with van der Waals surface area (Å²) in [5.74, 6) is -0.292. The minimum Gasteiger partial charge on any atom is -0.216 e. The maximum absolute atomic E-state index is 12.9. The summed E-state index contributed by atoms with van der Waals surface area (Å²) in [5, 5.41) is 4.79. The third-order valence-corrected chi connectivity index (χ3v) is 3.02.